The van der Waals surface area contributed by atoms with Crippen LogP contribution < -0.4 is 15.3 Å². The van der Waals surface area contributed by atoms with Gasteiger partial charge in [-0.3, -0.25) is 10.6 Å². The van der Waals surface area contributed by atoms with E-state index in [9.17, 15) is 4.79 Å². The number of ether oxygens (including phenoxy) is 2. The molecular formula is C26H33N5O3. The Morgan fingerprint density at radius 1 is 1.21 bits per heavy atom. The van der Waals surface area contributed by atoms with Crippen LogP contribution in [0.1, 0.15) is 51.0 Å². The number of piperidine rings is 1. The quantitative estimate of drug-likeness (QED) is 0.660. The monoisotopic (exact) mass is 463 g/mol. The largest absolute Gasteiger partial charge is 0.493 e. The van der Waals surface area contributed by atoms with Crippen molar-refractivity contribution >= 4 is 5.91 Å². The van der Waals surface area contributed by atoms with E-state index in [0.717, 1.165) is 54.3 Å². The van der Waals surface area contributed by atoms with Crippen molar-refractivity contribution in [3.8, 4) is 11.5 Å². The van der Waals surface area contributed by atoms with E-state index < -0.39 is 0 Å². The summed E-state index contributed by atoms with van der Waals surface area (Å²) in [7, 11) is 3.99. The van der Waals surface area contributed by atoms with Gasteiger partial charge in [-0.2, -0.15) is 0 Å². The Kier molecular flexibility index (Phi) is 4.28. The van der Waals surface area contributed by atoms with Gasteiger partial charge in [-0.15, -0.1) is 0 Å². The number of nitrogens with one attached hydrogen (secondary N) is 1. The van der Waals surface area contributed by atoms with Crippen LogP contribution in [0.25, 0.3) is 0 Å². The number of H-pyrrole nitrogens is 1. The number of methoxy groups -OCH3 is 1. The molecule has 2 fully saturated rings. The first-order valence-electron chi connectivity index (χ1n) is 12.5. The number of nitrogens with zero attached hydrogens (tertiary/aromatic N) is 3. The zero-order chi connectivity index (χ0) is 23.4. The lowest BCUT2D eigenvalue weighted by Crippen LogP contribution is -2.62. The predicted octanol–water partition coefficient (Wildman–Crippen LogP) is 1.77. The van der Waals surface area contributed by atoms with E-state index in [1.54, 1.807) is 12.1 Å². The van der Waals surface area contributed by atoms with Gasteiger partial charge in [0.15, 0.2) is 11.5 Å². The van der Waals surface area contributed by atoms with Crippen molar-refractivity contribution in [3.05, 3.63) is 45.8 Å². The van der Waals surface area contributed by atoms with E-state index >= 15 is 0 Å². The molecule has 4 atom stereocenters. The first kappa shape index (κ1) is 20.8. The summed E-state index contributed by atoms with van der Waals surface area (Å²) in [6.07, 6.45) is 2.97. The van der Waals surface area contributed by atoms with Gasteiger partial charge in [0.1, 0.15) is 11.8 Å². The van der Waals surface area contributed by atoms with Gasteiger partial charge >= 0.3 is 0 Å². The van der Waals surface area contributed by atoms with Gasteiger partial charge in [0.05, 0.1) is 12.8 Å². The molecule has 7 rings (SSSR count). The average Bonchev–Trinajstić information content (AvgIpc) is 3.36. The highest BCUT2D eigenvalue weighted by molar-refractivity contribution is 5.94. The Labute approximate surface area is 199 Å². The van der Waals surface area contributed by atoms with Gasteiger partial charge in [0.2, 0.25) is 0 Å². The maximum absolute atomic E-state index is 13.6. The highest BCUT2D eigenvalue weighted by Gasteiger charge is 2.65. The average molecular weight is 464 g/mol. The zero-order valence-corrected chi connectivity index (χ0v) is 20.2. The molecule has 1 aromatic heterocycles. The highest BCUT2D eigenvalue weighted by Crippen LogP contribution is 2.67. The Morgan fingerprint density at radius 2 is 2.00 bits per heavy atom. The van der Waals surface area contributed by atoms with Crippen LogP contribution in [0.4, 0.5) is 0 Å². The van der Waals surface area contributed by atoms with Gasteiger partial charge < -0.3 is 24.3 Å². The highest BCUT2D eigenvalue weighted by atomic mass is 16.5. The van der Waals surface area contributed by atoms with Gasteiger partial charge in [-0.25, -0.2) is 5.01 Å². The van der Waals surface area contributed by atoms with E-state index in [1.807, 2.05) is 4.90 Å². The molecule has 1 aromatic carbocycles. The predicted molar refractivity (Wildman–Crippen MR) is 127 cm³/mol. The summed E-state index contributed by atoms with van der Waals surface area (Å²) in [6, 6.07) is 4.78. The molecule has 34 heavy (non-hydrogen) atoms. The summed E-state index contributed by atoms with van der Waals surface area (Å²) in [5, 5.41) is 1.78. The minimum Gasteiger partial charge on any atom is -0.493 e. The van der Waals surface area contributed by atoms with Crippen molar-refractivity contribution in [2.45, 2.75) is 43.7 Å². The number of hydrazine groups is 1. The van der Waals surface area contributed by atoms with Gasteiger partial charge in [0, 0.05) is 43.2 Å². The molecule has 0 unspecified atom stereocenters. The number of carbonyl (C=O) groups excluding carboxylic acids is 1. The summed E-state index contributed by atoms with van der Waals surface area (Å²) < 4.78 is 12.6. The molecule has 4 heterocycles. The number of aromatic nitrogens is 1. The molecule has 2 aromatic rings. The molecule has 1 amide bonds. The molecule has 2 saturated heterocycles. The molecule has 2 bridgehead atoms. The number of aromatic amines is 1. The summed E-state index contributed by atoms with van der Waals surface area (Å²) in [6.45, 7) is 5.88. The van der Waals surface area contributed by atoms with Crippen LogP contribution in [0.2, 0.25) is 0 Å². The van der Waals surface area contributed by atoms with Crippen LogP contribution in [0.3, 0.4) is 0 Å². The van der Waals surface area contributed by atoms with Crippen molar-refractivity contribution in [2.24, 2.45) is 11.8 Å². The standard InChI is InChI=1S/C26H33N5O3/c1-14-16-13-17-18-12-15-4-5-19(33-3)23-20(15)26(17,6-7-29(18)2)24(34-23)22(16)28-21(14)25(32)30-8-10-31(27)11-9-30/h4-5,17-18,24,28H,6-13,27H2,1-3H3/t17-,18+,24-,26-/m0/s1. The third-order valence-corrected chi connectivity index (χ3v) is 9.51. The van der Waals surface area contributed by atoms with E-state index in [1.165, 1.54) is 16.7 Å². The third-order valence-electron chi connectivity index (χ3n) is 9.51. The van der Waals surface area contributed by atoms with E-state index in [0.29, 0.717) is 38.1 Å². The summed E-state index contributed by atoms with van der Waals surface area (Å²) in [5.41, 5.74) is 6.89. The fourth-order valence-corrected chi connectivity index (χ4v) is 7.73. The number of carbonyl (C=O) groups is 1. The molecule has 3 N–H and O–H groups in total. The molecule has 5 aliphatic rings. The Bertz CT molecular complexity index is 1200. The number of fused-ring (bicyclic) bond motifs is 2. The molecule has 8 nitrogen and oxygen atoms in total. The van der Waals surface area contributed by atoms with Crippen molar-refractivity contribution in [1.29, 1.82) is 0 Å². The third kappa shape index (κ3) is 2.46. The SMILES string of the molecule is COc1ccc2c3c1O[C@H]1c4[nH]c(C(=O)N5CCN(N)CC5)c(C)c4C[C@H]4[C@@H](C2)N(C)CC[C@]314. The second kappa shape index (κ2) is 6.99. The van der Waals surface area contributed by atoms with Crippen molar-refractivity contribution in [2.75, 3.05) is 46.9 Å². The van der Waals surface area contributed by atoms with Crippen molar-refractivity contribution < 1.29 is 14.3 Å². The van der Waals surface area contributed by atoms with E-state index in [2.05, 4.69) is 36.0 Å². The Morgan fingerprint density at radius 3 is 2.76 bits per heavy atom. The second-order valence-electron chi connectivity index (χ2n) is 10.8. The molecule has 3 aliphatic heterocycles. The van der Waals surface area contributed by atoms with E-state index in [-0.39, 0.29) is 17.4 Å². The van der Waals surface area contributed by atoms with Gasteiger partial charge in [0.25, 0.3) is 5.91 Å². The molecule has 180 valence electrons. The minimum absolute atomic E-state index is 0.0651. The molecule has 1 spiro atoms. The first-order chi connectivity index (χ1) is 16.4. The minimum atomic E-state index is -0.107. The number of benzene rings is 1. The van der Waals surface area contributed by atoms with Crippen LogP contribution in [-0.2, 0) is 18.3 Å². The second-order valence-corrected chi connectivity index (χ2v) is 10.8. The Balaban J connectivity index is 1.37. The van der Waals surface area contributed by atoms with E-state index in [4.69, 9.17) is 15.3 Å². The number of hydrogen-bond donors (Lipinski definition) is 2. The maximum Gasteiger partial charge on any atom is 0.270 e. The summed E-state index contributed by atoms with van der Waals surface area (Å²) in [5.74, 6) is 8.20. The summed E-state index contributed by atoms with van der Waals surface area (Å²) in [4.78, 5) is 21.6. The molecule has 2 aliphatic carbocycles. The van der Waals surface area contributed by atoms with Gasteiger partial charge in [-0.05, 0) is 68.5 Å². The van der Waals surface area contributed by atoms with Crippen LogP contribution >= 0.6 is 0 Å². The van der Waals surface area contributed by atoms with Gasteiger partial charge in [-0.1, -0.05) is 6.07 Å². The number of amides is 1. The smallest absolute Gasteiger partial charge is 0.270 e. The lowest BCUT2D eigenvalue weighted by molar-refractivity contribution is -0.0256. The lowest BCUT2D eigenvalue weighted by Gasteiger charge is -2.57. The topological polar surface area (TPSA) is 87.1 Å². The summed E-state index contributed by atoms with van der Waals surface area (Å²) >= 11 is 0. The maximum atomic E-state index is 13.6. The number of hydrogen-bond acceptors (Lipinski definition) is 6. The first-order valence-corrected chi connectivity index (χ1v) is 12.5. The fourth-order valence-electron chi connectivity index (χ4n) is 7.73. The van der Waals surface area contributed by atoms with Crippen molar-refractivity contribution in [3.63, 3.8) is 0 Å². The van der Waals surface area contributed by atoms with Crippen LogP contribution in [-0.4, -0.2) is 78.6 Å². The normalized spacial score (nSPS) is 31.6. The molecule has 0 radical (unpaired) electrons. The number of likely N-dealkylation sites (N-methyl/N-ethyl adjacent to an activating group) is 1. The van der Waals surface area contributed by atoms with Crippen LogP contribution in [0.5, 0.6) is 11.5 Å². The number of piperazine rings is 1. The molecule has 0 saturated carbocycles. The molecular weight excluding hydrogens is 430 g/mol. The van der Waals surface area contributed by atoms with Crippen molar-refractivity contribution in [1.82, 2.24) is 19.8 Å². The number of likely N-dealkylation sites (tertiary alicyclic amines) is 1. The zero-order valence-electron chi connectivity index (χ0n) is 20.2. The molecule has 8 heteroatoms. The number of nitrogens with two attached hydrogens (primary N) is 1. The Hall–Kier alpha value is -2.55. The number of rotatable bonds is 2. The van der Waals surface area contributed by atoms with Crippen LogP contribution in [0.15, 0.2) is 12.1 Å². The fraction of sp³-hybridized carbons (Fsp3) is 0.577. The lowest BCUT2D eigenvalue weighted by atomic mass is 9.51. The van der Waals surface area contributed by atoms with Crippen LogP contribution in [0, 0.1) is 12.8 Å².